The second-order valence-corrected chi connectivity index (χ2v) is 4.39. The summed E-state index contributed by atoms with van der Waals surface area (Å²) in [5.74, 6) is 0.569. The number of carbonyl (C=O) groups is 1. The van der Waals surface area contributed by atoms with E-state index in [2.05, 4.69) is 10.6 Å². The predicted octanol–water partition coefficient (Wildman–Crippen LogP) is -0.374. The molecule has 0 aromatic heterocycles. The van der Waals surface area contributed by atoms with Crippen LogP contribution in [-0.2, 0) is 4.79 Å². The van der Waals surface area contributed by atoms with Gasteiger partial charge in [0, 0.05) is 25.6 Å². The average Bonchev–Trinajstić information content (AvgIpc) is 2.72. The smallest absolute Gasteiger partial charge is 0.220 e. The fraction of sp³-hybridized carbons (Fsp3) is 0.900. The summed E-state index contributed by atoms with van der Waals surface area (Å²) in [7, 11) is 0. The number of aliphatic hydroxyl groups excluding tert-OH is 1. The van der Waals surface area contributed by atoms with Crippen molar-refractivity contribution in [2.24, 2.45) is 5.92 Å². The summed E-state index contributed by atoms with van der Waals surface area (Å²) in [6.45, 7) is 1.63. The van der Waals surface area contributed by atoms with E-state index in [1.807, 2.05) is 0 Å². The lowest BCUT2D eigenvalue weighted by molar-refractivity contribution is -0.119. The molecule has 0 spiro atoms. The molecule has 1 aliphatic carbocycles. The van der Waals surface area contributed by atoms with Crippen LogP contribution in [0.4, 0.5) is 0 Å². The topological polar surface area (TPSA) is 61.4 Å². The van der Waals surface area contributed by atoms with Gasteiger partial charge in [0.25, 0.3) is 0 Å². The van der Waals surface area contributed by atoms with E-state index in [0.717, 1.165) is 32.4 Å². The maximum atomic E-state index is 10.9. The molecule has 4 heteroatoms. The van der Waals surface area contributed by atoms with Crippen molar-refractivity contribution < 1.29 is 9.90 Å². The Morgan fingerprint density at radius 2 is 2.36 bits per heavy atom. The van der Waals surface area contributed by atoms with Crippen molar-refractivity contribution in [1.82, 2.24) is 10.6 Å². The lowest BCUT2D eigenvalue weighted by Gasteiger charge is -2.18. The van der Waals surface area contributed by atoms with Crippen molar-refractivity contribution in [2.75, 3.05) is 13.1 Å². The summed E-state index contributed by atoms with van der Waals surface area (Å²) in [6.07, 6.45) is 3.55. The van der Waals surface area contributed by atoms with Gasteiger partial charge in [-0.1, -0.05) is 0 Å². The number of rotatable bonds is 3. The number of aliphatic hydroxyl groups is 1. The standard InChI is InChI=1S/C10H18N2O2/c13-9-3-1-2-8(9)11-5-7-4-10(14)12-6-7/h7-9,11,13H,1-6H2,(H,12,14). The third-order valence-corrected chi connectivity index (χ3v) is 3.21. The van der Waals surface area contributed by atoms with E-state index in [0.29, 0.717) is 12.3 Å². The Kier molecular flexibility index (Phi) is 3.03. The van der Waals surface area contributed by atoms with Crippen LogP contribution in [0.5, 0.6) is 0 Å². The molecule has 2 aliphatic rings. The summed E-state index contributed by atoms with van der Waals surface area (Å²) in [4.78, 5) is 10.9. The van der Waals surface area contributed by atoms with E-state index >= 15 is 0 Å². The van der Waals surface area contributed by atoms with Crippen LogP contribution in [-0.4, -0.2) is 36.2 Å². The highest BCUT2D eigenvalue weighted by Gasteiger charge is 2.27. The molecule has 0 radical (unpaired) electrons. The summed E-state index contributed by atoms with van der Waals surface area (Å²) < 4.78 is 0. The van der Waals surface area contributed by atoms with Crippen molar-refractivity contribution in [1.29, 1.82) is 0 Å². The monoisotopic (exact) mass is 198 g/mol. The first kappa shape index (κ1) is 9.93. The highest BCUT2D eigenvalue weighted by atomic mass is 16.3. The molecule has 80 valence electrons. The molecule has 1 saturated carbocycles. The lowest BCUT2D eigenvalue weighted by Crippen LogP contribution is -2.38. The van der Waals surface area contributed by atoms with Crippen LogP contribution in [0.1, 0.15) is 25.7 Å². The number of carbonyl (C=O) groups excluding carboxylic acids is 1. The molecule has 3 N–H and O–H groups in total. The van der Waals surface area contributed by atoms with Crippen molar-refractivity contribution in [3.8, 4) is 0 Å². The zero-order valence-electron chi connectivity index (χ0n) is 8.33. The van der Waals surface area contributed by atoms with Crippen LogP contribution in [0.15, 0.2) is 0 Å². The van der Waals surface area contributed by atoms with Gasteiger partial charge in [0.2, 0.25) is 5.91 Å². The molecule has 4 nitrogen and oxygen atoms in total. The van der Waals surface area contributed by atoms with Gasteiger partial charge in [0.1, 0.15) is 0 Å². The van der Waals surface area contributed by atoms with Gasteiger partial charge in [0.15, 0.2) is 0 Å². The maximum absolute atomic E-state index is 10.9. The van der Waals surface area contributed by atoms with E-state index < -0.39 is 0 Å². The molecule has 0 bridgehead atoms. The summed E-state index contributed by atoms with van der Waals surface area (Å²) in [5.41, 5.74) is 0. The van der Waals surface area contributed by atoms with Gasteiger partial charge in [-0.2, -0.15) is 0 Å². The van der Waals surface area contributed by atoms with Gasteiger partial charge < -0.3 is 15.7 Å². The molecule has 1 aliphatic heterocycles. The normalized spacial score (nSPS) is 37.5. The molecule has 3 unspecified atom stereocenters. The Hall–Kier alpha value is -0.610. The minimum atomic E-state index is -0.180. The van der Waals surface area contributed by atoms with Crippen molar-refractivity contribution >= 4 is 5.91 Å². The predicted molar refractivity (Wildman–Crippen MR) is 52.8 cm³/mol. The molecule has 14 heavy (non-hydrogen) atoms. The fourth-order valence-corrected chi connectivity index (χ4v) is 2.31. The molecule has 2 rings (SSSR count). The highest BCUT2D eigenvalue weighted by molar-refractivity contribution is 5.78. The first-order valence-corrected chi connectivity index (χ1v) is 5.44. The van der Waals surface area contributed by atoms with Crippen LogP contribution in [0.3, 0.4) is 0 Å². The number of hydrogen-bond donors (Lipinski definition) is 3. The first-order chi connectivity index (χ1) is 6.75. The quantitative estimate of drug-likeness (QED) is 0.579. The Morgan fingerprint density at radius 1 is 1.50 bits per heavy atom. The van der Waals surface area contributed by atoms with Gasteiger partial charge in [-0.15, -0.1) is 0 Å². The fourth-order valence-electron chi connectivity index (χ4n) is 2.31. The average molecular weight is 198 g/mol. The zero-order valence-corrected chi connectivity index (χ0v) is 8.33. The molecule has 2 fully saturated rings. The zero-order chi connectivity index (χ0) is 9.97. The summed E-state index contributed by atoms with van der Waals surface area (Å²) in [6, 6.07) is 0.255. The van der Waals surface area contributed by atoms with E-state index in [1.165, 1.54) is 0 Å². The second kappa shape index (κ2) is 4.28. The summed E-state index contributed by atoms with van der Waals surface area (Å²) in [5, 5.41) is 15.7. The Bertz CT molecular complexity index is 220. The maximum Gasteiger partial charge on any atom is 0.220 e. The third-order valence-electron chi connectivity index (χ3n) is 3.21. The molecule has 1 saturated heterocycles. The molecule has 1 heterocycles. The largest absolute Gasteiger partial charge is 0.392 e. The minimum absolute atomic E-state index is 0.156. The lowest BCUT2D eigenvalue weighted by atomic mass is 10.1. The van der Waals surface area contributed by atoms with Crippen LogP contribution < -0.4 is 10.6 Å². The Balaban J connectivity index is 1.69. The van der Waals surface area contributed by atoms with E-state index in [9.17, 15) is 9.90 Å². The number of amides is 1. The van der Waals surface area contributed by atoms with Crippen LogP contribution >= 0.6 is 0 Å². The van der Waals surface area contributed by atoms with Crippen LogP contribution in [0, 0.1) is 5.92 Å². The molecule has 1 amide bonds. The number of nitrogens with one attached hydrogen (secondary N) is 2. The van der Waals surface area contributed by atoms with Gasteiger partial charge in [-0.05, 0) is 25.2 Å². The van der Waals surface area contributed by atoms with Crippen LogP contribution in [0.25, 0.3) is 0 Å². The second-order valence-electron chi connectivity index (χ2n) is 4.39. The van der Waals surface area contributed by atoms with Crippen molar-refractivity contribution in [2.45, 2.75) is 37.8 Å². The summed E-state index contributed by atoms with van der Waals surface area (Å²) >= 11 is 0. The first-order valence-electron chi connectivity index (χ1n) is 5.44. The van der Waals surface area contributed by atoms with Gasteiger partial charge >= 0.3 is 0 Å². The minimum Gasteiger partial charge on any atom is -0.392 e. The Labute approximate surface area is 84.1 Å². The van der Waals surface area contributed by atoms with E-state index in [1.54, 1.807) is 0 Å². The molecular formula is C10H18N2O2. The molecular weight excluding hydrogens is 180 g/mol. The Morgan fingerprint density at radius 3 is 2.93 bits per heavy atom. The van der Waals surface area contributed by atoms with Gasteiger partial charge in [0.05, 0.1) is 6.10 Å². The van der Waals surface area contributed by atoms with Gasteiger partial charge in [-0.25, -0.2) is 0 Å². The number of hydrogen-bond acceptors (Lipinski definition) is 3. The SMILES string of the molecule is O=C1CC(CNC2CCCC2O)CN1. The molecule has 3 atom stereocenters. The molecule has 0 aromatic rings. The third kappa shape index (κ3) is 2.25. The van der Waals surface area contributed by atoms with E-state index in [-0.39, 0.29) is 18.1 Å². The van der Waals surface area contributed by atoms with Gasteiger partial charge in [-0.3, -0.25) is 4.79 Å². The van der Waals surface area contributed by atoms with Crippen molar-refractivity contribution in [3.63, 3.8) is 0 Å². The van der Waals surface area contributed by atoms with Crippen molar-refractivity contribution in [3.05, 3.63) is 0 Å². The molecule has 0 aromatic carbocycles. The van der Waals surface area contributed by atoms with Crippen LogP contribution in [0.2, 0.25) is 0 Å². The van der Waals surface area contributed by atoms with E-state index in [4.69, 9.17) is 0 Å². The highest BCUT2D eigenvalue weighted by Crippen LogP contribution is 2.19.